The Bertz CT molecular complexity index is 485. The third-order valence-electron chi connectivity index (χ3n) is 4.25. The van der Waals surface area contributed by atoms with Crippen molar-refractivity contribution in [3.8, 4) is 0 Å². The van der Waals surface area contributed by atoms with Crippen LogP contribution in [0.15, 0.2) is 24.3 Å². The molecule has 2 aliphatic rings. The lowest BCUT2D eigenvalue weighted by atomic mass is 9.81. The summed E-state index contributed by atoms with van der Waals surface area (Å²) in [5.41, 5.74) is 7.28. The number of rotatable bonds is 2. The first-order chi connectivity index (χ1) is 9.16. The zero-order chi connectivity index (χ0) is 13.4. The number of imide groups is 1. The van der Waals surface area contributed by atoms with E-state index in [2.05, 4.69) is 0 Å². The number of nitrogens with zero attached hydrogens (tertiary/aromatic N) is 1. The summed E-state index contributed by atoms with van der Waals surface area (Å²) in [5, 5.41) is 0. The second-order valence-electron chi connectivity index (χ2n) is 5.50. The number of amides is 2. The third kappa shape index (κ3) is 2.11. The van der Waals surface area contributed by atoms with E-state index in [0.717, 1.165) is 31.2 Å². The highest BCUT2D eigenvalue weighted by atomic mass is 16.2. The summed E-state index contributed by atoms with van der Waals surface area (Å²) in [4.78, 5) is 26.0. The summed E-state index contributed by atoms with van der Waals surface area (Å²) in [6, 6.07) is 7.34. The smallest absolute Gasteiger partial charge is 0.233 e. The predicted octanol–water partition coefficient (Wildman–Crippen LogP) is 1.94. The van der Waals surface area contributed by atoms with Crippen LogP contribution in [-0.2, 0) is 16.1 Å². The number of nitrogens with two attached hydrogens (primary N) is 1. The van der Waals surface area contributed by atoms with E-state index >= 15 is 0 Å². The fourth-order valence-electron chi connectivity index (χ4n) is 3.19. The van der Waals surface area contributed by atoms with E-state index in [0.29, 0.717) is 12.2 Å². The van der Waals surface area contributed by atoms with Crippen LogP contribution in [0.4, 0.5) is 5.69 Å². The van der Waals surface area contributed by atoms with Crippen LogP contribution < -0.4 is 5.73 Å². The largest absolute Gasteiger partial charge is 0.399 e. The number of carbonyl (C=O) groups excluding carboxylic acids is 2. The van der Waals surface area contributed by atoms with Crippen LogP contribution in [0.25, 0.3) is 0 Å². The van der Waals surface area contributed by atoms with Crippen molar-refractivity contribution in [3.05, 3.63) is 29.8 Å². The fourth-order valence-corrected chi connectivity index (χ4v) is 3.19. The molecular weight excluding hydrogens is 240 g/mol. The van der Waals surface area contributed by atoms with Crippen molar-refractivity contribution in [1.29, 1.82) is 0 Å². The maximum atomic E-state index is 12.3. The maximum absolute atomic E-state index is 12.3. The predicted molar refractivity (Wildman–Crippen MR) is 71.9 cm³/mol. The highest BCUT2D eigenvalue weighted by molar-refractivity contribution is 6.05. The van der Waals surface area contributed by atoms with Crippen LogP contribution in [0.1, 0.15) is 31.2 Å². The van der Waals surface area contributed by atoms with Gasteiger partial charge in [-0.25, -0.2) is 0 Å². The number of likely N-dealkylation sites (tertiary alicyclic amines) is 1. The molecule has 100 valence electrons. The Morgan fingerprint density at radius 3 is 2.05 bits per heavy atom. The topological polar surface area (TPSA) is 63.4 Å². The first-order valence-electron chi connectivity index (χ1n) is 6.86. The lowest BCUT2D eigenvalue weighted by Crippen LogP contribution is -2.30. The second kappa shape index (κ2) is 4.68. The van der Waals surface area contributed by atoms with Crippen LogP contribution in [0, 0.1) is 11.8 Å². The average molecular weight is 258 g/mol. The van der Waals surface area contributed by atoms with E-state index in [1.54, 1.807) is 12.1 Å². The summed E-state index contributed by atoms with van der Waals surface area (Å²) in [7, 11) is 0. The number of nitrogen functional groups attached to an aromatic ring is 1. The van der Waals surface area contributed by atoms with Crippen LogP contribution in [-0.4, -0.2) is 16.7 Å². The molecule has 0 bridgehead atoms. The summed E-state index contributed by atoms with van der Waals surface area (Å²) < 4.78 is 0. The van der Waals surface area contributed by atoms with Crippen LogP contribution in [0.5, 0.6) is 0 Å². The number of anilines is 1. The van der Waals surface area contributed by atoms with Gasteiger partial charge in [-0.1, -0.05) is 25.0 Å². The summed E-state index contributed by atoms with van der Waals surface area (Å²) in [6.07, 6.45) is 3.87. The van der Waals surface area contributed by atoms with E-state index in [4.69, 9.17) is 5.73 Å². The van der Waals surface area contributed by atoms with E-state index in [9.17, 15) is 9.59 Å². The molecule has 0 aromatic heterocycles. The molecule has 2 N–H and O–H groups in total. The van der Waals surface area contributed by atoms with Crippen LogP contribution in [0.2, 0.25) is 0 Å². The van der Waals surface area contributed by atoms with E-state index < -0.39 is 0 Å². The van der Waals surface area contributed by atoms with Gasteiger partial charge in [0.25, 0.3) is 0 Å². The highest BCUT2D eigenvalue weighted by Gasteiger charge is 2.47. The van der Waals surface area contributed by atoms with Crippen molar-refractivity contribution in [3.63, 3.8) is 0 Å². The standard InChI is InChI=1S/C15H18N2O2/c16-11-7-5-10(6-8-11)9-17-14(18)12-3-1-2-4-13(12)15(17)19/h5-8,12-13H,1-4,9,16H2. The van der Waals surface area contributed by atoms with Crippen molar-refractivity contribution < 1.29 is 9.59 Å². The molecule has 1 aliphatic carbocycles. The molecule has 1 saturated heterocycles. The van der Waals surface area contributed by atoms with Gasteiger partial charge >= 0.3 is 0 Å². The van der Waals surface area contributed by atoms with E-state index in [1.807, 2.05) is 12.1 Å². The first kappa shape index (κ1) is 12.2. The Balaban J connectivity index is 1.79. The van der Waals surface area contributed by atoms with Gasteiger partial charge in [0.05, 0.1) is 18.4 Å². The third-order valence-corrected chi connectivity index (χ3v) is 4.25. The molecule has 1 saturated carbocycles. The molecule has 0 radical (unpaired) electrons. The average Bonchev–Trinajstić information content (AvgIpc) is 2.67. The molecule has 2 fully saturated rings. The van der Waals surface area contributed by atoms with Gasteiger partial charge in [0.15, 0.2) is 0 Å². The molecule has 1 aliphatic heterocycles. The Hall–Kier alpha value is -1.84. The van der Waals surface area contributed by atoms with Crippen LogP contribution >= 0.6 is 0 Å². The second-order valence-corrected chi connectivity index (χ2v) is 5.50. The molecule has 1 heterocycles. The lowest BCUT2D eigenvalue weighted by Gasteiger charge is -2.19. The van der Waals surface area contributed by atoms with Gasteiger partial charge < -0.3 is 5.73 Å². The first-order valence-corrected chi connectivity index (χ1v) is 6.86. The van der Waals surface area contributed by atoms with Gasteiger partial charge in [-0.05, 0) is 30.5 Å². The number of carbonyl (C=O) groups is 2. The molecule has 4 nitrogen and oxygen atoms in total. The number of hydrogen-bond donors (Lipinski definition) is 1. The fraction of sp³-hybridized carbons (Fsp3) is 0.467. The number of benzene rings is 1. The van der Waals surface area contributed by atoms with Gasteiger partial charge in [-0.2, -0.15) is 0 Å². The van der Waals surface area contributed by atoms with E-state index in [1.165, 1.54) is 4.90 Å². The minimum absolute atomic E-state index is 0.0199. The molecule has 1 aromatic rings. The lowest BCUT2D eigenvalue weighted by molar-refractivity contribution is -0.140. The minimum Gasteiger partial charge on any atom is -0.399 e. The van der Waals surface area contributed by atoms with Gasteiger partial charge in [-0.15, -0.1) is 0 Å². The van der Waals surface area contributed by atoms with Crippen molar-refractivity contribution in [2.24, 2.45) is 11.8 Å². The summed E-state index contributed by atoms with van der Waals surface area (Å²) in [6.45, 7) is 0.380. The van der Waals surface area contributed by atoms with Crippen molar-refractivity contribution in [2.75, 3.05) is 5.73 Å². The van der Waals surface area contributed by atoms with Crippen molar-refractivity contribution in [1.82, 2.24) is 4.90 Å². The molecule has 2 unspecified atom stereocenters. The highest BCUT2D eigenvalue weighted by Crippen LogP contribution is 2.38. The SMILES string of the molecule is Nc1ccc(CN2C(=O)C3CCCCC3C2=O)cc1. The number of hydrogen-bond acceptors (Lipinski definition) is 3. The summed E-state index contributed by atoms with van der Waals surface area (Å²) >= 11 is 0. The van der Waals surface area contributed by atoms with Gasteiger partial charge in [0.2, 0.25) is 11.8 Å². The van der Waals surface area contributed by atoms with Crippen molar-refractivity contribution >= 4 is 17.5 Å². The maximum Gasteiger partial charge on any atom is 0.233 e. The van der Waals surface area contributed by atoms with Gasteiger partial charge in [-0.3, -0.25) is 14.5 Å². The molecule has 2 amide bonds. The quantitative estimate of drug-likeness (QED) is 0.651. The minimum atomic E-state index is -0.0602. The molecule has 1 aromatic carbocycles. The molecule has 2 atom stereocenters. The van der Waals surface area contributed by atoms with E-state index in [-0.39, 0.29) is 23.7 Å². The molecule has 0 spiro atoms. The van der Waals surface area contributed by atoms with Gasteiger partial charge in [0, 0.05) is 5.69 Å². The molecule has 4 heteroatoms. The summed E-state index contributed by atoms with van der Waals surface area (Å²) in [5.74, 6) is -0.0805. The Kier molecular flexibility index (Phi) is 3.01. The molecule has 19 heavy (non-hydrogen) atoms. The normalized spacial score (nSPS) is 26.6. The monoisotopic (exact) mass is 258 g/mol. The Morgan fingerprint density at radius 2 is 1.53 bits per heavy atom. The van der Waals surface area contributed by atoms with Crippen molar-refractivity contribution in [2.45, 2.75) is 32.2 Å². The Morgan fingerprint density at radius 1 is 1.00 bits per heavy atom. The molecule has 3 rings (SSSR count). The zero-order valence-corrected chi connectivity index (χ0v) is 10.8. The van der Waals surface area contributed by atoms with Crippen LogP contribution in [0.3, 0.4) is 0 Å². The molecular formula is C15H18N2O2. The van der Waals surface area contributed by atoms with Gasteiger partial charge in [0.1, 0.15) is 0 Å². The Labute approximate surface area is 112 Å². The zero-order valence-electron chi connectivity index (χ0n) is 10.8. The number of fused-ring (bicyclic) bond motifs is 1.